The zero-order valence-corrected chi connectivity index (χ0v) is 16.2. The van der Waals surface area contributed by atoms with Crippen LogP contribution < -0.4 is 10.6 Å². The van der Waals surface area contributed by atoms with Crippen molar-refractivity contribution in [2.75, 3.05) is 19.6 Å². The fraction of sp³-hybridized carbons (Fsp3) is 0.500. The number of carbonyl (C=O) groups excluding carboxylic acids is 1. The minimum Gasteiger partial charge on any atom is -0.469 e. The van der Waals surface area contributed by atoms with Gasteiger partial charge in [-0.15, -0.1) is 11.3 Å². The van der Waals surface area contributed by atoms with Gasteiger partial charge in [-0.1, -0.05) is 6.07 Å². The molecule has 0 radical (unpaired) electrons. The highest BCUT2D eigenvalue weighted by atomic mass is 32.1. The van der Waals surface area contributed by atoms with E-state index in [4.69, 9.17) is 9.41 Å². The average molecular weight is 387 g/mol. The summed E-state index contributed by atoms with van der Waals surface area (Å²) in [5, 5.41) is 8.89. The van der Waals surface area contributed by atoms with E-state index in [0.29, 0.717) is 30.8 Å². The summed E-state index contributed by atoms with van der Waals surface area (Å²) >= 11 is 1.71. The van der Waals surface area contributed by atoms with Crippen molar-refractivity contribution < 1.29 is 9.21 Å². The predicted octanol–water partition coefficient (Wildman–Crippen LogP) is 2.63. The molecule has 1 atom stereocenters. The summed E-state index contributed by atoms with van der Waals surface area (Å²) in [5.74, 6) is 2.43. The molecule has 0 spiro atoms. The summed E-state index contributed by atoms with van der Waals surface area (Å²) in [5.41, 5.74) is 0. The monoisotopic (exact) mass is 386 g/mol. The Labute approximate surface area is 163 Å². The Balaban J connectivity index is 1.29. The molecule has 2 aromatic rings. The topological polar surface area (TPSA) is 69.9 Å². The Hall–Kier alpha value is -2.28. The largest absolute Gasteiger partial charge is 0.469 e. The highest BCUT2D eigenvalue weighted by Crippen LogP contribution is 2.32. The van der Waals surface area contributed by atoms with E-state index in [1.165, 1.54) is 17.7 Å². The van der Waals surface area contributed by atoms with Crippen molar-refractivity contribution in [2.24, 2.45) is 10.9 Å². The van der Waals surface area contributed by atoms with E-state index in [-0.39, 0.29) is 0 Å². The minimum atomic E-state index is 0.312. The molecule has 144 valence electrons. The smallest absolute Gasteiger partial charge is 0.223 e. The lowest BCUT2D eigenvalue weighted by Gasteiger charge is -2.17. The van der Waals surface area contributed by atoms with E-state index < -0.39 is 0 Å². The first-order valence-electron chi connectivity index (χ1n) is 9.64. The molecule has 1 amide bonds. The van der Waals surface area contributed by atoms with Crippen LogP contribution in [0.5, 0.6) is 0 Å². The van der Waals surface area contributed by atoms with Crippen LogP contribution in [0.3, 0.4) is 0 Å². The summed E-state index contributed by atoms with van der Waals surface area (Å²) in [4.78, 5) is 20.1. The van der Waals surface area contributed by atoms with Crippen molar-refractivity contribution in [2.45, 2.75) is 38.3 Å². The molecule has 2 aromatic heterocycles. The first kappa shape index (κ1) is 18.1. The summed E-state index contributed by atoms with van der Waals surface area (Å²) in [6.45, 7) is 3.06. The fourth-order valence-corrected chi connectivity index (χ4v) is 4.05. The normalized spacial score (nSPS) is 20.3. The Morgan fingerprint density at radius 3 is 2.96 bits per heavy atom. The van der Waals surface area contributed by atoms with E-state index in [2.05, 4.69) is 27.0 Å². The highest BCUT2D eigenvalue weighted by molar-refractivity contribution is 7.09. The van der Waals surface area contributed by atoms with Gasteiger partial charge in [-0.05, 0) is 36.4 Å². The fourth-order valence-electron chi connectivity index (χ4n) is 3.42. The summed E-state index contributed by atoms with van der Waals surface area (Å²) < 4.78 is 5.39. The number of hydrogen-bond acceptors (Lipinski definition) is 4. The van der Waals surface area contributed by atoms with Crippen molar-refractivity contribution in [3.05, 3.63) is 46.5 Å². The van der Waals surface area contributed by atoms with Gasteiger partial charge < -0.3 is 20.0 Å². The van der Waals surface area contributed by atoms with Crippen LogP contribution in [0.2, 0.25) is 0 Å². The van der Waals surface area contributed by atoms with Crippen LogP contribution in [0.25, 0.3) is 0 Å². The third kappa shape index (κ3) is 5.13. The van der Waals surface area contributed by atoms with Crippen molar-refractivity contribution in [1.29, 1.82) is 0 Å². The van der Waals surface area contributed by atoms with Crippen molar-refractivity contribution in [1.82, 2.24) is 15.5 Å². The molecule has 4 rings (SSSR count). The molecule has 3 heterocycles. The van der Waals surface area contributed by atoms with Crippen LogP contribution in [0, 0.1) is 5.92 Å². The molecular formula is C20H26N4O2S. The SMILES string of the molecule is O=C1CC(CNC(=NCc2cccs2)NCCc2ccco2)CN1C1CC1. The molecule has 1 unspecified atom stereocenters. The van der Waals surface area contributed by atoms with E-state index in [1.807, 2.05) is 18.2 Å². The molecule has 2 fully saturated rings. The number of nitrogens with one attached hydrogen (secondary N) is 2. The number of furan rings is 1. The molecule has 2 N–H and O–H groups in total. The molecule has 6 nitrogen and oxygen atoms in total. The molecular weight excluding hydrogens is 360 g/mol. The third-order valence-electron chi connectivity index (χ3n) is 5.00. The molecule has 1 aliphatic heterocycles. The Bertz CT molecular complexity index is 753. The van der Waals surface area contributed by atoms with Crippen LogP contribution in [-0.2, 0) is 17.8 Å². The number of guanidine groups is 1. The van der Waals surface area contributed by atoms with Gasteiger partial charge in [0.1, 0.15) is 5.76 Å². The van der Waals surface area contributed by atoms with Gasteiger partial charge in [0, 0.05) is 49.3 Å². The van der Waals surface area contributed by atoms with Crippen molar-refractivity contribution >= 4 is 23.2 Å². The number of nitrogens with zero attached hydrogens (tertiary/aromatic N) is 2. The molecule has 7 heteroatoms. The van der Waals surface area contributed by atoms with Crippen molar-refractivity contribution in [3.8, 4) is 0 Å². The van der Waals surface area contributed by atoms with Crippen LogP contribution >= 0.6 is 11.3 Å². The van der Waals surface area contributed by atoms with Gasteiger partial charge in [-0.2, -0.15) is 0 Å². The first-order valence-corrected chi connectivity index (χ1v) is 10.5. The number of rotatable bonds is 8. The van der Waals surface area contributed by atoms with Crippen molar-refractivity contribution in [3.63, 3.8) is 0 Å². The lowest BCUT2D eigenvalue weighted by molar-refractivity contribution is -0.128. The summed E-state index contributed by atoms with van der Waals surface area (Å²) in [7, 11) is 0. The molecule has 0 aromatic carbocycles. The van der Waals surface area contributed by atoms with E-state index in [0.717, 1.165) is 37.8 Å². The zero-order valence-electron chi connectivity index (χ0n) is 15.4. The maximum Gasteiger partial charge on any atom is 0.223 e. The second-order valence-corrected chi connectivity index (χ2v) is 8.26. The minimum absolute atomic E-state index is 0.312. The maximum atomic E-state index is 12.1. The van der Waals surface area contributed by atoms with E-state index >= 15 is 0 Å². The van der Waals surface area contributed by atoms with Gasteiger partial charge in [-0.25, -0.2) is 4.99 Å². The third-order valence-corrected chi connectivity index (χ3v) is 5.86. The molecule has 1 saturated carbocycles. The second-order valence-electron chi connectivity index (χ2n) is 7.23. The first-order chi connectivity index (χ1) is 13.3. The molecule has 0 bridgehead atoms. The molecule has 2 aliphatic rings. The highest BCUT2D eigenvalue weighted by Gasteiger charge is 2.39. The number of carbonyl (C=O) groups is 1. The predicted molar refractivity (Wildman–Crippen MR) is 107 cm³/mol. The number of likely N-dealkylation sites (tertiary alicyclic amines) is 1. The Morgan fingerprint density at radius 2 is 2.22 bits per heavy atom. The van der Waals surface area contributed by atoms with Gasteiger partial charge in [0.05, 0.1) is 12.8 Å². The van der Waals surface area contributed by atoms with Crippen LogP contribution in [0.4, 0.5) is 0 Å². The van der Waals surface area contributed by atoms with Gasteiger partial charge in [-0.3, -0.25) is 4.79 Å². The lowest BCUT2D eigenvalue weighted by Crippen LogP contribution is -2.41. The zero-order chi connectivity index (χ0) is 18.5. The lowest BCUT2D eigenvalue weighted by atomic mass is 10.1. The van der Waals surface area contributed by atoms with Gasteiger partial charge >= 0.3 is 0 Å². The summed E-state index contributed by atoms with van der Waals surface area (Å²) in [6, 6.07) is 8.54. The Morgan fingerprint density at radius 1 is 1.30 bits per heavy atom. The molecule has 1 aliphatic carbocycles. The van der Waals surface area contributed by atoms with Gasteiger partial charge in [0.2, 0.25) is 5.91 Å². The van der Waals surface area contributed by atoms with Crippen LogP contribution in [-0.4, -0.2) is 42.4 Å². The molecule has 1 saturated heterocycles. The quantitative estimate of drug-likeness (QED) is 0.541. The summed E-state index contributed by atoms with van der Waals surface area (Å²) in [6.07, 6.45) is 5.50. The van der Waals surface area contributed by atoms with Gasteiger partial charge in [0.15, 0.2) is 5.96 Å². The second kappa shape index (κ2) is 8.61. The van der Waals surface area contributed by atoms with Crippen LogP contribution in [0.1, 0.15) is 29.9 Å². The van der Waals surface area contributed by atoms with E-state index in [1.54, 1.807) is 17.6 Å². The maximum absolute atomic E-state index is 12.1. The number of hydrogen-bond donors (Lipinski definition) is 2. The number of thiophene rings is 1. The average Bonchev–Trinajstić information content (AvgIpc) is 3.05. The number of amides is 1. The molecule has 27 heavy (non-hydrogen) atoms. The Kier molecular flexibility index (Phi) is 5.77. The van der Waals surface area contributed by atoms with E-state index in [9.17, 15) is 4.79 Å². The number of aliphatic imine (C=N–C) groups is 1. The van der Waals surface area contributed by atoms with Crippen LogP contribution in [0.15, 0.2) is 45.3 Å². The standard InChI is InChI=1S/C20H26N4O2S/c25-19-11-15(14-24(19)16-5-6-16)12-22-20(23-13-18-4-2-10-27-18)21-8-7-17-3-1-9-26-17/h1-4,9-10,15-16H,5-8,11-14H2,(H2,21,22,23). The van der Waals surface area contributed by atoms with Gasteiger partial charge in [0.25, 0.3) is 0 Å².